The number of hydrogen-bond acceptors (Lipinski definition) is 3. The lowest BCUT2D eigenvalue weighted by Gasteiger charge is -2.18. The highest BCUT2D eigenvalue weighted by atomic mass is 35.5. The van der Waals surface area contributed by atoms with Crippen LogP contribution in [0.25, 0.3) is 11.1 Å². The first-order valence-corrected chi connectivity index (χ1v) is 9.36. The second-order valence-corrected chi connectivity index (χ2v) is 7.24. The van der Waals surface area contributed by atoms with Crippen molar-refractivity contribution in [2.45, 2.75) is 12.8 Å². The second kappa shape index (κ2) is 7.64. The predicted octanol–water partition coefficient (Wildman–Crippen LogP) is 4.47. The monoisotopic (exact) mass is 399 g/mol. The summed E-state index contributed by atoms with van der Waals surface area (Å²) >= 11 is 6.43. The average molecular weight is 400 g/mol. The first kappa shape index (κ1) is 18.5. The van der Waals surface area contributed by atoms with Gasteiger partial charge in [-0.15, -0.1) is 0 Å². The number of aromatic nitrogens is 2. The lowest BCUT2D eigenvalue weighted by atomic mass is 9.98. The van der Waals surface area contributed by atoms with Crippen LogP contribution in [0.1, 0.15) is 12.0 Å². The van der Waals surface area contributed by atoms with Crippen LogP contribution in [-0.4, -0.2) is 29.8 Å². The fourth-order valence-corrected chi connectivity index (χ4v) is 3.91. The summed E-state index contributed by atoms with van der Waals surface area (Å²) in [4.78, 5) is 14.7. The Balaban J connectivity index is 1.51. The van der Waals surface area contributed by atoms with Gasteiger partial charge in [-0.25, -0.2) is 4.39 Å². The Kier molecular flexibility index (Phi) is 5.05. The third-order valence-electron chi connectivity index (χ3n) is 5.04. The van der Waals surface area contributed by atoms with E-state index in [0.717, 1.165) is 22.4 Å². The molecule has 0 aliphatic carbocycles. The molecule has 3 aromatic rings. The van der Waals surface area contributed by atoms with Gasteiger partial charge in [-0.05, 0) is 42.7 Å². The molecule has 4 rings (SSSR count). The van der Waals surface area contributed by atoms with Crippen molar-refractivity contribution in [2.24, 2.45) is 5.92 Å². The second-order valence-electron chi connectivity index (χ2n) is 6.83. The fourth-order valence-electron chi connectivity index (χ4n) is 3.63. The Morgan fingerprint density at radius 2 is 2.18 bits per heavy atom. The van der Waals surface area contributed by atoms with Gasteiger partial charge in [0.1, 0.15) is 11.6 Å². The summed E-state index contributed by atoms with van der Waals surface area (Å²) < 4.78 is 18.8. The van der Waals surface area contributed by atoms with Crippen molar-refractivity contribution in [3.05, 3.63) is 65.2 Å². The molecule has 1 amide bonds. The van der Waals surface area contributed by atoms with Crippen molar-refractivity contribution < 1.29 is 13.9 Å². The van der Waals surface area contributed by atoms with Gasteiger partial charge in [-0.2, -0.15) is 5.10 Å². The molecule has 2 aromatic carbocycles. The molecule has 1 fully saturated rings. The molecular weight excluding hydrogens is 381 g/mol. The lowest BCUT2D eigenvalue weighted by Crippen LogP contribution is -2.27. The zero-order chi connectivity index (χ0) is 19.7. The summed E-state index contributed by atoms with van der Waals surface area (Å²) in [6, 6.07) is 10.1. The summed E-state index contributed by atoms with van der Waals surface area (Å²) in [5.41, 5.74) is 3.27. The Morgan fingerprint density at radius 1 is 1.32 bits per heavy atom. The minimum absolute atomic E-state index is 0.0235. The standard InChI is InChI=1S/C21H19ClFN3O2/c1-28-18-8-13(7-16(23)9-18)6-14-4-5-26(21(14)27)17-2-3-19(20(22)10-17)15-11-24-25-12-15/h2-3,7-12,14H,4-6H2,1H3,(H,24,25). The number of rotatable bonds is 5. The first-order chi connectivity index (χ1) is 13.5. The number of carbonyl (C=O) groups excluding carboxylic acids is 1. The van der Waals surface area contributed by atoms with E-state index < -0.39 is 0 Å². The number of hydrogen-bond donors (Lipinski definition) is 1. The number of nitrogens with one attached hydrogen (secondary N) is 1. The third kappa shape index (κ3) is 3.60. The molecule has 0 spiro atoms. The number of carbonyl (C=O) groups is 1. The van der Waals surface area contributed by atoms with Gasteiger partial charge < -0.3 is 9.64 Å². The maximum Gasteiger partial charge on any atom is 0.230 e. The Hall–Kier alpha value is -2.86. The molecule has 1 unspecified atom stereocenters. The van der Waals surface area contributed by atoms with E-state index in [2.05, 4.69) is 10.2 Å². The molecule has 1 aromatic heterocycles. The predicted molar refractivity (Wildman–Crippen MR) is 106 cm³/mol. The maximum atomic E-state index is 13.7. The van der Waals surface area contributed by atoms with Crippen molar-refractivity contribution in [3.63, 3.8) is 0 Å². The van der Waals surface area contributed by atoms with Gasteiger partial charge in [0.05, 0.1) is 18.3 Å². The quantitative estimate of drug-likeness (QED) is 0.688. The zero-order valence-corrected chi connectivity index (χ0v) is 16.0. The van der Waals surface area contributed by atoms with Gasteiger partial charge in [0.2, 0.25) is 5.91 Å². The Morgan fingerprint density at radius 3 is 2.89 bits per heavy atom. The SMILES string of the molecule is COc1cc(F)cc(CC2CCN(c3ccc(-c4cn[nH]c4)c(Cl)c3)C2=O)c1. The van der Waals surface area contributed by atoms with Gasteiger partial charge in [0, 0.05) is 41.5 Å². The third-order valence-corrected chi connectivity index (χ3v) is 5.35. The highest BCUT2D eigenvalue weighted by molar-refractivity contribution is 6.33. The number of halogens is 2. The van der Waals surface area contributed by atoms with Gasteiger partial charge >= 0.3 is 0 Å². The number of H-pyrrole nitrogens is 1. The summed E-state index contributed by atoms with van der Waals surface area (Å²) in [6.45, 7) is 0.608. The molecular formula is C21H19ClFN3O2. The van der Waals surface area contributed by atoms with E-state index in [1.807, 2.05) is 12.1 Å². The normalized spacial score (nSPS) is 16.6. The minimum atomic E-state index is -0.363. The van der Waals surface area contributed by atoms with Crippen LogP contribution in [0.4, 0.5) is 10.1 Å². The largest absolute Gasteiger partial charge is 0.497 e. The summed E-state index contributed by atoms with van der Waals surface area (Å²) in [7, 11) is 1.50. The molecule has 1 atom stereocenters. The van der Waals surface area contributed by atoms with Gasteiger partial charge in [0.25, 0.3) is 0 Å². The van der Waals surface area contributed by atoms with Gasteiger partial charge in [-0.3, -0.25) is 9.89 Å². The highest BCUT2D eigenvalue weighted by Gasteiger charge is 2.33. The average Bonchev–Trinajstić information content (AvgIpc) is 3.32. The number of benzene rings is 2. The number of ether oxygens (including phenoxy) is 1. The molecule has 1 aliphatic heterocycles. The Bertz CT molecular complexity index is 1010. The summed E-state index contributed by atoms with van der Waals surface area (Å²) in [5, 5.41) is 7.26. The molecule has 0 radical (unpaired) electrons. The minimum Gasteiger partial charge on any atom is -0.497 e. The van der Waals surface area contributed by atoms with E-state index in [0.29, 0.717) is 30.2 Å². The van der Waals surface area contributed by atoms with Crippen LogP contribution in [0, 0.1) is 11.7 Å². The molecule has 1 aliphatic rings. The maximum absolute atomic E-state index is 13.7. The van der Waals surface area contributed by atoms with Crippen LogP contribution >= 0.6 is 11.6 Å². The van der Waals surface area contributed by atoms with E-state index in [1.165, 1.54) is 19.2 Å². The van der Waals surface area contributed by atoms with Crippen LogP contribution in [0.3, 0.4) is 0 Å². The number of amides is 1. The molecule has 28 heavy (non-hydrogen) atoms. The first-order valence-electron chi connectivity index (χ1n) is 8.98. The molecule has 0 saturated carbocycles. The van der Waals surface area contributed by atoms with E-state index in [4.69, 9.17) is 16.3 Å². The number of aromatic amines is 1. The van der Waals surface area contributed by atoms with Crippen LogP contribution in [-0.2, 0) is 11.2 Å². The molecule has 2 heterocycles. The molecule has 1 N–H and O–H groups in total. The molecule has 144 valence electrons. The lowest BCUT2D eigenvalue weighted by molar-refractivity contribution is -0.120. The van der Waals surface area contributed by atoms with E-state index in [-0.39, 0.29) is 17.6 Å². The van der Waals surface area contributed by atoms with Crippen molar-refractivity contribution >= 4 is 23.2 Å². The molecule has 1 saturated heterocycles. The zero-order valence-electron chi connectivity index (χ0n) is 15.3. The van der Waals surface area contributed by atoms with Crippen molar-refractivity contribution in [1.82, 2.24) is 10.2 Å². The molecule has 0 bridgehead atoms. The fraction of sp³-hybridized carbons (Fsp3) is 0.238. The smallest absolute Gasteiger partial charge is 0.230 e. The van der Waals surface area contributed by atoms with Crippen molar-refractivity contribution in [3.8, 4) is 16.9 Å². The van der Waals surface area contributed by atoms with Crippen molar-refractivity contribution in [1.29, 1.82) is 0 Å². The molecule has 7 heteroatoms. The highest BCUT2D eigenvalue weighted by Crippen LogP contribution is 2.34. The topological polar surface area (TPSA) is 58.2 Å². The van der Waals surface area contributed by atoms with Crippen LogP contribution in [0.5, 0.6) is 5.75 Å². The van der Waals surface area contributed by atoms with E-state index >= 15 is 0 Å². The molecule has 5 nitrogen and oxygen atoms in total. The van der Waals surface area contributed by atoms with Gasteiger partial charge in [0.15, 0.2) is 0 Å². The van der Waals surface area contributed by atoms with E-state index in [9.17, 15) is 9.18 Å². The number of anilines is 1. The van der Waals surface area contributed by atoms with Crippen LogP contribution in [0.2, 0.25) is 5.02 Å². The van der Waals surface area contributed by atoms with Gasteiger partial charge in [-0.1, -0.05) is 17.7 Å². The van der Waals surface area contributed by atoms with Crippen LogP contribution in [0.15, 0.2) is 48.8 Å². The summed E-state index contributed by atoms with van der Waals surface area (Å²) in [6.07, 6.45) is 4.65. The van der Waals surface area contributed by atoms with Crippen molar-refractivity contribution in [2.75, 3.05) is 18.6 Å². The van der Waals surface area contributed by atoms with Crippen LogP contribution < -0.4 is 9.64 Å². The number of methoxy groups -OCH3 is 1. The number of nitrogens with zero attached hydrogens (tertiary/aromatic N) is 2. The van der Waals surface area contributed by atoms with E-state index in [1.54, 1.807) is 29.4 Å². The summed E-state index contributed by atoms with van der Waals surface area (Å²) in [5.74, 6) is -0.0774. The Labute approximate surface area is 167 Å².